The van der Waals surface area contributed by atoms with E-state index >= 15 is 0 Å². The van der Waals surface area contributed by atoms with Crippen molar-refractivity contribution in [1.29, 1.82) is 0 Å². The largest absolute Gasteiger partial charge is 0.384 e. The van der Waals surface area contributed by atoms with Gasteiger partial charge in [0.15, 0.2) is 0 Å². The van der Waals surface area contributed by atoms with Crippen LogP contribution in [0.4, 0.5) is 5.69 Å². The first kappa shape index (κ1) is 11.5. The van der Waals surface area contributed by atoms with Gasteiger partial charge < -0.3 is 20.9 Å². The molecule has 1 aromatic heterocycles. The number of aromatic amines is 1. The van der Waals surface area contributed by atoms with Crippen molar-refractivity contribution in [2.45, 2.75) is 12.8 Å². The quantitative estimate of drug-likeness (QED) is 0.699. The molecule has 1 aliphatic heterocycles. The van der Waals surface area contributed by atoms with Crippen LogP contribution in [0.15, 0.2) is 18.5 Å². The van der Waals surface area contributed by atoms with Gasteiger partial charge in [0.25, 0.3) is 0 Å². The number of H-pyrrole nitrogens is 1. The van der Waals surface area contributed by atoms with E-state index in [1.54, 1.807) is 0 Å². The van der Waals surface area contributed by atoms with Gasteiger partial charge in [-0.15, -0.1) is 0 Å². The van der Waals surface area contributed by atoms with Crippen LogP contribution >= 0.6 is 0 Å². The van der Waals surface area contributed by atoms with Crippen LogP contribution < -0.4 is 11.1 Å². The van der Waals surface area contributed by atoms with Gasteiger partial charge in [0.05, 0.1) is 5.69 Å². The fourth-order valence-electron chi connectivity index (χ4n) is 2.29. The molecule has 0 aromatic carbocycles. The molecule has 1 aliphatic rings. The number of hydrogen-bond donors (Lipinski definition) is 3. The highest BCUT2D eigenvalue weighted by Gasteiger charge is 2.18. The van der Waals surface area contributed by atoms with E-state index < -0.39 is 0 Å². The lowest BCUT2D eigenvalue weighted by Crippen LogP contribution is -2.38. The van der Waals surface area contributed by atoms with Crippen LogP contribution in [0.3, 0.4) is 0 Å². The molecule has 2 rings (SSSR count). The second-order valence-corrected chi connectivity index (χ2v) is 4.55. The first-order valence-corrected chi connectivity index (χ1v) is 6.17. The van der Waals surface area contributed by atoms with Gasteiger partial charge in [-0.05, 0) is 37.9 Å². The van der Waals surface area contributed by atoms with Crippen LogP contribution in [0.5, 0.6) is 0 Å². The van der Waals surface area contributed by atoms with Crippen LogP contribution in [0, 0.1) is 5.92 Å². The molecule has 0 bridgehead atoms. The lowest BCUT2D eigenvalue weighted by Gasteiger charge is -2.31. The zero-order valence-electron chi connectivity index (χ0n) is 9.78. The van der Waals surface area contributed by atoms with Crippen molar-refractivity contribution in [1.82, 2.24) is 9.88 Å². The van der Waals surface area contributed by atoms with Crippen molar-refractivity contribution in [3.05, 3.63) is 18.5 Å². The Balaban J connectivity index is 1.65. The van der Waals surface area contributed by atoms with E-state index in [2.05, 4.69) is 21.3 Å². The van der Waals surface area contributed by atoms with E-state index in [4.69, 9.17) is 5.73 Å². The van der Waals surface area contributed by atoms with Gasteiger partial charge in [0.2, 0.25) is 0 Å². The zero-order valence-corrected chi connectivity index (χ0v) is 9.78. The molecule has 90 valence electrons. The molecule has 0 unspecified atom stereocenters. The lowest BCUT2D eigenvalue weighted by molar-refractivity contribution is 0.194. The summed E-state index contributed by atoms with van der Waals surface area (Å²) in [4.78, 5) is 5.52. The van der Waals surface area contributed by atoms with Gasteiger partial charge in [0, 0.05) is 32.0 Å². The molecule has 16 heavy (non-hydrogen) atoms. The van der Waals surface area contributed by atoms with E-state index in [0.717, 1.165) is 25.6 Å². The molecule has 1 aromatic rings. The zero-order chi connectivity index (χ0) is 11.2. The molecule has 4 N–H and O–H groups in total. The first-order valence-electron chi connectivity index (χ1n) is 6.17. The molecule has 0 aliphatic carbocycles. The summed E-state index contributed by atoms with van der Waals surface area (Å²) in [6, 6.07) is 2.07. The minimum Gasteiger partial charge on any atom is -0.384 e. The predicted octanol–water partition coefficient (Wildman–Crippen LogP) is 1.10. The topological polar surface area (TPSA) is 57.1 Å². The summed E-state index contributed by atoms with van der Waals surface area (Å²) in [5.74, 6) is 0.809. The Morgan fingerprint density at radius 3 is 2.88 bits per heavy atom. The normalized spacial score (nSPS) is 18.8. The van der Waals surface area contributed by atoms with Gasteiger partial charge >= 0.3 is 0 Å². The number of piperidine rings is 1. The van der Waals surface area contributed by atoms with Crippen molar-refractivity contribution in [2.24, 2.45) is 11.7 Å². The number of rotatable bonds is 5. The predicted molar refractivity (Wildman–Crippen MR) is 67.5 cm³/mol. The second-order valence-electron chi connectivity index (χ2n) is 4.55. The van der Waals surface area contributed by atoms with Crippen molar-refractivity contribution in [3.8, 4) is 0 Å². The van der Waals surface area contributed by atoms with Crippen LogP contribution in [-0.4, -0.2) is 42.6 Å². The van der Waals surface area contributed by atoms with Crippen molar-refractivity contribution < 1.29 is 0 Å². The Bertz CT molecular complexity index is 275. The lowest BCUT2D eigenvalue weighted by atomic mass is 9.97. The summed E-state index contributed by atoms with van der Waals surface area (Å²) in [5.41, 5.74) is 6.76. The first-order chi connectivity index (χ1) is 7.88. The van der Waals surface area contributed by atoms with Gasteiger partial charge in [-0.2, -0.15) is 0 Å². The number of anilines is 1. The number of aromatic nitrogens is 1. The number of nitrogens with one attached hydrogen (secondary N) is 2. The molecule has 0 spiro atoms. The average molecular weight is 222 g/mol. The summed E-state index contributed by atoms with van der Waals surface area (Å²) in [7, 11) is 0. The molecule has 0 atom stereocenters. The van der Waals surface area contributed by atoms with Crippen LogP contribution in [0.2, 0.25) is 0 Å². The molecule has 1 fully saturated rings. The highest BCUT2D eigenvalue weighted by atomic mass is 15.1. The van der Waals surface area contributed by atoms with Gasteiger partial charge in [-0.3, -0.25) is 0 Å². The minimum absolute atomic E-state index is 0.784. The number of nitrogens with zero attached hydrogens (tertiary/aromatic N) is 1. The summed E-state index contributed by atoms with van der Waals surface area (Å²) in [6.45, 7) is 5.34. The smallest absolute Gasteiger partial charge is 0.0517 e. The Labute approximate surface area is 97.2 Å². The highest BCUT2D eigenvalue weighted by molar-refractivity contribution is 5.40. The number of likely N-dealkylation sites (tertiary alicyclic amines) is 1. The van der Waals surface area contributed by atoms with E-state index in [0.29, 0.717) is 0 Å². The van der Waals surface area contributed by atoms with Crippen LogP contribution in [0.1, 0.15) is 12.8 Å². The van der Waals surface area contributed by atoms with Crippen LogP contribution in [0.25, 0.3) is 0 Å². The van der Waals surface area contributed by atoms with Gasteiger partial charge in [0.1, 0.15) is 0 Å². The van der Waals surface area contributed by atoms with Crippen LogP contribution in [-0.2, 0) is 0 Å². The molecule has 0 saturated carbocycles. The molecule has 4 heteroatoms. The molecular weight excluding hydrogens is 200 g/mol. The van der Waals surface area contributed by atoms with E-state index in [9.17, 15) is 0 Å². The third kappa shape index (κ3) is 3.25. The maximum atomic E-state index is 5.56. The van der Waals surface area contributed by atoms with E-state index in [-0.39, 0.29) is 0 Å². The third-order valence-corrected chi connectivity index (χ3v) is 3.35. The molecule has 1 saturated heterocycles. The maximum Gasteiger partial charge on any atom is 0.0517 e. The van der Waals surface area contributed by atoms with Crippen molar-refractivity contribution >= 4 is 5.69 Å². The monoisotopic (exact) mass is 222 g/mol. The maximum absolute atomic E-state index is 5.56. The Kier molecular flexibility index (Phi) is 4.25. The highest BCUT2D eigenvalue weighted by Crippen LogP contribution is 2.17. The summed E-state index contributed by atoms with van der Waals surface area (Å²) in [5, 5.41) is 3.47. The standard InChI is InChI=1S/C12H22N4/c13-4-8-16-6-2-11(3-7-16)9-15-12-1-5-14-10-12/h1,5,10-11,14-15H,2-4,6-9,13H2. The summed E-state index contributed by atoms with van der Waals surface area (Å²) < 4.78 is 0. The average Bonchev–Trinajstić information content (AvgIpc) is 2.82. The third-order valence-electron chi connectivity index (χ3n) is 3.35. The molecule has 0 radical (unpaired) electrons. The van der Waals surface area contributed by atoms with E-state index in [1.807, 2.05) is 12.4 Å². The summed E-state index contributed by atoms with van der Waals surface area (Å²) in [6.07, 6.45) is 6.53. The number of hydrogen-bond acceptors (Lipinski definition) is 3. The fourth-order valence-corrected chi connectivity index (χ4v) is 2.29. The molecular formula is C12H22N4. The number of nitrogens with two attached hydrogens (primary N) is 1. The Hall–Kier alpha value is -1.00. The van der Waals surface area contributed by atoms with Crippen molar-refractivity contribution in [2.75, 3.05) is 38.0 Å². The Morgan fingerprint density at radius 2 is 2.25 bits per heavy atom. The summed E-state index contributed by atoms with van der Waals surface area (Å²) >= 11 is 0. The molecule has 2 heterocycles. The fraction of sp³-hybridized carbons (Fsp3) is 0.667. The minimum atomic E-state index is 0.784. The SMILES string of the molecule is NCCN1CCC(CNc2cc[nH]c2)CC1. The van der Waals surface area contributed by atoms with Crippen molar-refractivity contribution in [3.63, 3.8) is 0 Å². The van der Waals surface area contributed by atoms with Gasteiger partial charge in [-0.1, -0.05) is 0 Å². The van der Waals surface area contributed by atoms with E-state index in [1.165, 1.54) is 31.6 Å². The molecule has 4 nitrogen and oxygen atoms in total. The van der Waals surface area contributed by atoms with Gasteiger partial charge in [-0.25, -0.2) is 0 Å². The Morgan fingerprint density at radius 1 is 1.44 bits per heavy atom. The second kappa shape index (κ2) is 5.92. The molecule has 0 amide bonds.